The lowest BCUT2D eigenvalue weighted by Crippen LogP contribution is -2.51. The molecule has 166 valence electrons. The molecule has 0 spiro atoms. The fraction of sp³-hybridized carbons (Fsp3) is 0.231. The molecule has 3 aromatic carbocycles. The van der Waals surface area contributed by atoms with Crippen LogP contribution in [0.4, 0.5) is 0 Å². The van der Waals surface area contributed by atoms with Crippen molar-refractivity contribution in [3.8, 4) is 11.5 Å². The van der Waals surface area contributed by atoms with Crippen LogP contribution in [0.5, 0.6) is 11.5 Å². The van der Waals surface area contributed by atoms with Gasteiger partial charge in [0, 0.05) is 20.0 Å². The van der Waals surface area contributed by atoms with Crippen LogP contribution < -0.4 is 14.8 Å². The van der Waals surface area contributed by atoms with Gasteiger partial charge in [-0.3, -0.25) is 9.59 Å². The highest BCUT2D eigenvalue weighted by atomic mass is 16.5. The second kappa shape index (κ2) is 11.6. The summed E-state index contributed by atoms with van der Waals surface area (Å²) in [5.41, 5.74) is 1.83. The second-order valence-corrected chi connectivity index (χ2v) is 7.29. The molecular formula is C26H28N2O4. The average Bonchev–Trinajstić information content (AvgIpc) is 2.85. The second-order valence-electron chi connectivity index (χ2n) is 7.29. The first-order valence-corrected chi connectivity index (χ1v) is 10.5. The van der Waals surface area contributed by atoms with Gasteiger partial charge in [-0.1, -0.05) is 60.7 Å². The molecule has 1 unspecified atom stereocenters. The number of amides is 2. The number of benzene rings is 3. The van der Waals surface area contributed by atoms with E-state index in [4.69, 9.17) is 9.47 Å². The summed E-state index contributed by atoms with van der Waals surface area (Å²) in [6.07, 6.45) is 0.390. The fourth-order valence-electron chi connectivity index (χ4n) is 3.43. The normalized spacial score (nSPS) is 11.3. The molecule has 0 aliphatic rings. The maximum Gasteiger partial charge on any atom is 0.261 e. The number of ether oxygens (including phenoxy) is 2. The number of hydrogen-bond acceptors (Lipinski definition) is 4. The lowest BCUT2D eigenvalue weighted by Gasteiger charge is -2.31. The van der Waals surface area contributed by atoms with E-state index in [2.05, 4.69) is 5.32 Å². The minimum atomic E-state index is -0.694. The summed E-state index contributed by atoms with van der Waals surface area (Å²) in [7, 11) is 3.17. The van der Waals surface area contributed by atoms with Gasteiger partial charge in [0.1, 0.15) is 17.5 Å². The number of carbonyl (C=O) groups is 2. The van der Waals surface area contributed by atoms with E-state index in [1.54, 1.807) is 31.2 Å². The molecule has 0 aliphatic heterocycles. The lowest BCUT2D eigenvalue weighted by atomic mass is 10.0. The molecule has 32 heavy (non-hydrogen) atoms. The van der Waals surface area contributed by atoms with E-state index in [1.807, 2.05) is 72.8 Å². The molecule has 0 fully saturated rings. The molecule has 0 saturated heterocycles. The Balaban J connectivity index is 1.88. The number of methoxy groups -OCH3 is 1. The number of nitrogens with one attached hydrogen (secondary N) is 1. The van der Waals surface area contributed by atoms with Gasteiger partial charge >= 0.3 is 0 Å². The summed E-state index contributed by atoms with van der Waals surface area (Å²) < 4.78 is 11.0. The standard InChI is InChI=1S/C26H28N2O4/c1-27-26(30)24(17-20-10-5-3-6-11-20)28(18-21-12-9-15-23(16-21)31-2)25(29)19-32-22-13-7-4-8-14-22/h3-16,24H,17-19H2,1-2H3,(H,27,30). The van der Waals surface area contributed by atoms with Gasteiger partial charge in [-0.05, 0) is 35.4 Å². The number of rotatable bonds is 10. The van der Waals surface area contributed by atoms with Crippen molar-refractivity contribution >= 4 is 11.8 Å². The third-order valence-electron chi connectivity index (χ3n) is 5.11. The van der Waals surface area contributed by atoms with Gasteiger partial charge in [-0.2, -0.15) is 0 Å². The van der Waals surface area contributed by atoms with Crippen LogP contribution in [-0.4, -0.2) is 43.5 Å². The molecule has 6 nitrogen and oxygen atoms in total. The summed E-state index contributed by atoms with van der Waals surface area (Å²) in [6, 6.07) is 25.6. The Hall–Kier alpha value is -3.80. The molecular weight excluding hydrogens is 404 g/mol. The molecule has 3 aromatic rings. The predicted octanol–water partition coefficient (Wildman–Crippen LogP) is 3.46. The van der Waals surface area contributed by atoms with Crippen molar-refractivity contribution in [1.82, 2.24) is 10.2 Å². The molecule has 0 bridgehead atoms. The smallest absolute Gasteiger partial charge is 0.261 e. The number of likely N-dealkylation sites (N-methyl/N-ethyl adjacent to an activating group) is 1. The Kier molecular flexibility index (Phi) is 8.26. The zero-order valence-electron chi connectivity index (χ0n) is 18.4. The molecule has 0 aromatic heterocycles. The van der Waals surface area contributed by atoms with Crippen molar-refractivity contribution in [1.29, 1.82) is 0 Å². The van der Waals surface area contributed by atoms with E-state index in [9.17, 15) is 9.59 Å². The summed E-state index contributed by atoms with van der Waals surface area (Å²) in [4.78, 5) is 27.8. The van der Waals surface area contributed by atoms with E-state index in [0.717, 1.165) is 11.1 Å². The molecule has 0 radical (unpaired) electrons. The van der Waals surface area contributed by atoms with Crippen molar-refractivity contribution < 1.29 is 19.1 Å². The van der Waals surface area contributed by atoms with Gasteiger partial charge < -0.3 is 19.7 Å². The molecule has 6 heteroatoms. The quantitative estimate of drug-likeness (QED) is 0.533. The summed E-state index contributed by atoms with van der Waals surface area (Å²) >= 11 is 0. The largest absolute Gasteiger partial charge is 0.497 e. The van der Waals surface area contributed by atoms with Crippen LogP contribution in [0.15, 0.2) is 84.9 Å². The van der Waals surface area contributed by atoms with Crippen LogP contribution in [0.1, 0.15) is 11.1 Å². The van der Waals surface area contributed by atoms with E-state index < -0.39 is 6.04 Å². The van der Waals surface area contributed by atoms with Gasteiger partial charge in [0.2, 0.25) is 5.91 Å². The topological polar surface area (TPSA) is 67.9 Å². The van der Waals surface area contributed by atoms with Gasteiger partial charge in [0.05, 0.1) is 7.11 Å². The van der Waals surface area contributed by atoms with Crippen LogP contribution >= 0.6 is 0 Å². The third-order valence-corrected chi connectivity index (χ3v) is 5.11. The Labute approximate surface area is 188 Å². The first kappa shape index (κ1) is 22.9. The predicted molar refractivity (Wildman–Crippen MR) is 123 cm³/mol. The summed E-state index contributed by atoms with van der Waals surface area (Å²) in [5, 5.41) is 2.70. The fourth-order valence-corrected chi connectivity index (χ4v) is 3.43. The highest BCUT2D eigenvalue weighted by Gasteiger charge is 2.30. The molecule has 0 saturated carbocycles. The van der Waals surface area contributed by atoms with Crippen LogP contribution in [0.25, 0.3) is 0 Å². The number of hydrogen-bond donors (Lipinski definition) is 1. The van der Waals surface area contributed by atoms with Crippen LogP contribution in [0, 0.1) is 0 Å². The highest BCUT2D eigenvalue weighted by molar-refractivity contribution is 5.88. The molecule has 0 heterocycles. The van der Waals surface area contributed by atoms with Crippen molar-refractivity contribution in [2.24, 2.45) is 0 Å². The Morgan fingerprint density at radius 3 is 2.16 bits per heavy atom. The van der Waals surface area contributed by atoms with Crippen molar-refractivity contribution in [3.05, 3.63) is 96.1 Å². The van der Waals surface area contributed by atoms with Gasteiger partial charge in [-0.25, -0.2) is 0 Å². The molecule has 1 atom stereocenters. The van der Waals surface area contributed by atoms with Crippen LogP contribution in [-0.2, 0) is 22.6 Å². The van der Waals surface area contributed by atoms with E-state index in [1.165, 1.54) is 0 Å². The van der Waals surface area contributed by atoms with Gasteiger partial charge in [-0.15, -0.1) is 0 Å². The lowest BCUT2D eigenvalue weighted by molar-refractivity contribution is -0.142. The van der Waals surface area contributed by atoms with E-state index >= 15 is 0 Å². The number of para-hydroxylation sites is 1. The molecule has 2 amide bonds. The van der Waals surface area contributed by atoms with E-state index in [-0.39, 0.29) is 25.0 Å². The van der Waals surface area contributed by atoms with Crippen molar-refractivity contribution in [3.63, 3.8) is 0 Å². The zero-order valence-corrected chi connectivity index (χ0v) is 18.4. The maximum absolute atomic E-state index is 13.3. The number of carbonyl (C=O) groups excluding carboxylic acids is 2. The third kappa shape index (κ3) is 6.35. The van der Waals surface area contributed by atoms with Gasteiger partial charge in [0.25, 0.3) is 5.91 Å². The SMILES string of the molecule is CNC(=O)C(Cc1ccccc1)N(Cc1cccc(OC)c1)C(=O)COc1ccccc1. The Morgan fingerprint density at radius 2 is 1.50 bits per heavy atom. The Bertz CT molecular complexity index is 1010. The first-order valence-electron chi connectivity index (χ1n) is 10.5. The highest BCUT2D eigenvalue weighted by Crippen LogP contribution is 2.19. The molecule has 3 rings (SSSR count). The average molecular weight is 433 g/mol. The van der Waals surface area contributed by atoms with Crippen LogP contribution in [0.2, 0.25) is 0 Å². The first-order chi connectivity index (χ1) is 15.6. The van der Waals surface area contributed by atoms with Crippen LogP contribution in [0.3, 0.4) is 0 Å². The van der Waals surface area contributed by atoms with Crippen molar-refractivity contribution in [2.45, 2.75) is 19.0 Å². The summed E-state index contributed by atoms with van der Waals surface area (Å²) in [5.74, 6) is 0.780. The maximum atomic E-state index is 13.3. The zero-order chi connectivity index (χ0) is 22.8. The summed E-state index contributed by atoms with van der Waals surface area (Å²) in [6.45, 7) is 0.0787. The Morgan fingerprint density at radius 1 is 0.875 bits per heavy atom. The molecule has 0 aliphatic carbocycles. The molecule has 1 N–H and O–H groups in total. The minimum absolute atomic E-state index is 0.170. The number of nitrogens with zero attached hydrogens (tertiary/aromatic N) is 1. The monoisotopic (exact) mass is 432 g/mol. The van der Waals surface area contributed by atoms with Crippen molar-refractivity contribution in [2.75, 3.05) is 20.8 Å². The minimum Gasteiger partial charge on any atom is -0.497 e. The van der Waals surface area contributed by atoms with Gasteiger partial charge in [0.15, 0.2) is 6.61 Å². The van der Waals surface area contributed by atoms with E-state index in [0.29, 0.717) is 17.9 Å².